The van der Waals surface area contributed by atoms with E-state index in [1.54, 1.807) is 6.08 Å². The summed E-state index contributed by atoms with van der Waals surface area (Å²) >= 11 is 0. The first-order valence-electron chi connectivity index (χ1n) is 29.8. The van der Waals surface area contributed by atoms with E-state index < -0.39 is 64.4 Å². The summed E-state index contributed by atoms with van der Waals surface area (Å²) in [5, 5.41) is 9.83. The van der Waals surface area contributed by atoms with E-state index in [1.807, 2.05) is 12.2 Å². The van der Waals surface area contributed by atoms with Gasteiger partial charge in [0.15, 0.2) is 6.10 Å². The van der Waals surface area contributed by atoms with Gasteiger partial charge in [-0.05, 0) is 83.5 Å². The Hall–Kier alpha value is -3.86. The van der Waals surface area contributed by atoms with E-state index in [0.717, 1.165) is 109 Å². The fourth-order valence-corrected chi connectivity index (χ4v) is 8.56. The molecule has 0 heterocycles. The van der Waals surface area contributed by atoms with Crippen LogP contribution in [0, 0.1) is 0 Å². The minimum absolute atomic E-state index is 0.0131. The molecule has 0 fully saturated rings. The van der Waals surface area contributed by atoms with Gasteiger partial charge in [-0.2, -0.15) is 0 Å². The zero-order chi connectivity index (χ0) is 55.5. The molecule has 0 aromatic carbocycles. The Morgan fingerprint density at radius 2 is 0.724 bits per heavy atom. The summed E-state index contributed by atoms with van der Waals surface area (Å²) in [5.74, 6) is -1.64. The van der Waals surface area contributed by atoms with Crippen molar-refractivity contribution in [1.82, 2.24) is 0 Å². The maximum Gasteiger partial charge on any atom is 0.472 e. The second-order valence-electron chi connectivity index (χ2n) is 19.4. The second-order valence-corrected chi connectivity index (χ2v) is 20.9. The highest BCUT2D eigenvalue weighted by molar-refractivity contribution is 7.47. The zero-order valence-electron chi connectivity index (χ0n) is 47.9. The number of aliphatic hydroxyl groups is 1. The van der Waals surface area contributed by atoms with Crippen LogP contribution in [0.25, 0.3) is 0 Å². The number of aliphatic hydroxyl groups excluding tert-OH is 1. The maximum atomic E-state index is 12.9. The molecule has 0 saturated heterocycles. The number of ether oxygens (including phenoxy) is 3. The van der Waals surface area contributed by atoms with Crippen LogP contribution in [-0.2, 0) is 42.2 Å². The van der Waals surface area contributed by atoms with Crippen LogP contribution in [-0.4, -0.2) is 66.5 Å². The maximum absolute atomic E-state index is 12.9. The molecule has 0 bridgehead atoms. The number of carbonyl (C=O) groups is 3. The third kappa shape index (κ3) is 54.9. The number of phosphoric acid groups is 1. The van der Waals surface area contributed by atoms with Crippen molar-refractivity contribution in [1.29, 1.82) is 0 Å². The number of hydrogen-bond donors (Lipinski definition) is 2. The Kier molecular flexibility index (Phi) is 54.4. The van der Waals surface area contributed by atoms with Crippen molar-refractivity contribution >= 4 is 25.7 Å². The minimum atomic E-state index is -4.78. The lowest BCUT2D eigenvalue weighted by Crippen LogP contribution is -2.30. The van der Waals surface area contributed by atoms with Gasteiger partial charge in [0.2, 0.25) is 0 Å². The van der Waals surface area contributed by atoms with Gasteiger partial charge in [0.05, 0.1) is 26.2 Å². The Labute approximate surface area is 463 Å². The van der Waals surface area contributed by atoms with Crippen molar-refractivity contribution in [3.63, 3.8) is 0 Å². The number of unbranched alkanes of at least 4 members (excludes halogenated alkanes) is 20. The normalized spacial score (nSPS) is 14.1. The first-order valence-corrected chi connectivity index (χ1v) is 31.3. The van der Waals surface area contributed by atoms with Crippen molar-refractivity contribution in [3.05, 3.63) is 109 Å². The molecule has 76 heavy (non-hydrogen) atoms. The summed E-state index contributed by atoms with van der Waals surface area (Å²) in [4.78, 5) is 48.5. The second kappa shape index (κ2) is 57.3. The van der Waals surface area contributed by atoms with Crippen molar-refractivity contribution in [2.45, 2.75) is 251 Å². The SMILES string of the molecule is CC/C=C\C/C=C\C/C=C\C/C=C\C/C=C\CC(=O)OCC(COP(=O)(O)OCC(CO)OC(=O)CCCCCCCCCCCCCCCCC)OC(=O)CCCCCCCC/C=C\C/C=C\C/C=C\C/C=C\CC. The van der Waals surface area contributed by atoms with E-state index in [1.165, 1.54) is 70.6 Å². The molecule has 0 aromatic rings. The van der Waals surface area contributed by atoms with Crippen LogP contribution in [0.2, 0.25) is 0 Å². The predicted octanol–water partition coefficient (Wildman–Crippen LogP) is 17.8. The molecule has 2 N–H and O–H groups in total. The van der Waals surface area contributed by atoms with Crippen LogP contribution >= 0.6 is 7.82 Å². The first-order chi connectivity index (χ1) is 37.2. The number of carbonyl (C=O) groups excluding carboxylic acids is 3. The fraction of sp³-hybridized carbons (Fsp3) is 0.672. The Bertz CT molecular complexity index is 1690. The van der Waals surface area contributed by atoms with E-state index in [-0.39, 0.29) is 19.3 Å². The number of allylic oxidation sites excluding steroid dienone is 17. The largest absolute Gasteiger partial charge is 0.472 e. The highest BCUT2D eigenvalue weighted by Gasteiger charge is 2.28. The molecule has 0 radical (unpaired) electrons. The summed E-state index contributed by atoms with van der Waals surface area (Å²) in [6.07, 6.45) is 69.3. The molecule has 0 aliphatic rings. The molecular formula is C64H107O11P. The number of phosphoric ester groups is 1. The van der Waals surface area contributed by atoms with Crippen LogP contribution < -0.4 is 0 Å². The number of rotatable bonds is 54. The van der Waals surface area contributed by atoms with E-state index in [9.17, 15) is 28.9 Å². The molecule has 12 heteroatoms. The summed E-state index contributed by atoms with van der Waals surface area (Å²) in [6, 6.07) is 0. The van der Waals surface area contributed by atoms with Crippen LogP contribution in [0.15, 0.2) is 109 Å². The summed E-state index contributed by atoms with van der Waals surface area (Å²) in [6.45, 7) is 4.30. The lowest BCUT2D eigenvalue weighted by molar-refractivity contribution is -0.161. The molecule has 3 unspecified atom stereocenters. The van der Waals surface area contributed by atoms with Crippen LogP contribution in [0.5, 0.6) is 0 Å². The highest BCUT2D eigenvalue weighted by Crippen LogP contribution is 2.43. The van der Waals surface area contributed by atoms with Crippen LogP contribution in [0.4, 0.5) is 0 Å². The molecule has 11 nitrogen and oxygen atoms in total. The van der Waals surface area contributed by atoms with Crippen LogP contribution in [0.3, 0.4) is 0 Å². The third-order valence-corrected chi connectivity index (χ3v) is 13.2. The Morgan fingerprint density at radius 1 is 0.395 bits per heavy atom. The average molecular weight is 1080 g/mol. The zero-order valence-corrected chi connectivity index (χ0v) is 48.8. The van der Waals surface area contributed by atoms with Crippen molar-refractivity contribution in [2.24, 2.45) is 0 Å². The molecule has 0 spiro atoms. The molecular weight excluding hydrogens is 976 g/mol. The molecule has 0 saturated carbocycles. The monoisotopic (exact) mass is 1080 g/mol. The van der Waals surface area contributed by atoms with Gasteiger partial charge < -0.3 is 24.2 Å². The van der Waals surface area contributed by atoms with Gasteiger partial charge >= 0.3 is 25.7 Å². The third-order valence-electron chi connectivity index (χ3n) is 12.2. The van der Waals surface area contributed by atoms with Gasteiger partial charge in [-0.1, -0.05) is 246 Å². The van der Waals surface area contributed by atoms with E-state index >= 15 is 0 Å². The van der Waals surface area contributed by atoms with Gasteiger partial charge in [0, 0.05) is 12.8 Å². The Morgan fingerprint density at radius 3 is 1.12 bits per heavy atom. The molecule has 0 rings (SSSR count). The van der Waals surface area contributed by atoms with Crippen molar-refractivity contribution in [3.8, 4) is 0 Å². The van der Waals surface area contributed by atoms with E-state index in [4.69, 9.17) is 23.3 Å². The van der Waals surface area contributed by atoms with Gasteiger partial charge in [0.25, 0.3) is 0 Å². The van der Waals surface area contributed by atoms with E-state index in [2.05, 4.69) is 112 Å². The minimum Gasteiger partial charge on any atom is -0.461 e. The molecule has 0 aliphatic carbocycles. The van der Waals surface area contributed by atoms with Crippen molar-refractivity contribution in [2.75, 3.05) is 26.4 Å². The van der Waals surface area contributed by atoms with Crippen LogP contribution in [0.1, 0.15) is 239 Å². The van der Waals surface area contributed by atoms with Gasteiger partial charge in [-0.15, -0.1) is 0 Å². The van der Waals surface area contributed by atoms with Gasteiger partial charge in [-0.25, -0.2) is 4.57 Å². The molecule has 434 valence electrons. The topological polar surface area (TPSA) is 155 Å². The lowest BCUT2D eigenvalue weighted by Gasteiger charge is -2.21. The fourth-order valence-electron chi connectivity index (χ4n) is 7.77. The summed E-state index contributed by atoms with van der Waals surface area (Å²) < 4.78 is 39.4. The van der Waals surface area contributed by atoms with Gasteiger partial charge in [0.1, 0.15) is 12.7 Å². The van der Waals surface area contributed by atoms with E-state index in [0.29, 0.717) is 19.3 Å². The molecule has 0 amide bonds. The quantitative estimate of drug-likeness (QED) is 0.0197. The smallest absolute Gasteiger partial charge is 0.461 e. The number of hydrogen-bond acceptors (Lipinski definition) is 10. The lowest BCUT2D eigenvalue weighted by atomic mass is 10.0. The predicted molar refractivity (Wildman–Crippen MR) is 316 cm³/mol. The molecule has 3 atom stereocenters. The average Bonchev–Trinajstić information content (AvgIpc) is 3.41. The highest BCUT2D eigenvalue weighted by atomic mass is 31.2. The van der Waals surface area contributed by atoms with Gasteiger partial charge in [-0.3, -0.25) is 23.4 Å². The summed E-state index contributed by atoms with van der Waals surface area (Å²) in [5.41, 5.74) is 0. The molecule has 0 aliphatic heterocycles. The number of esters is 3. The van der Waals surface area contributed by atoms with Crippen molar-refractivity contribution < 1.29 is 52.2 Å². The summed E-state index contributed by atoms with van der Waals surface area (Å²) in [7, 11) is -4.78. The Balaban J connectivity index is 4.83. The first kappa shape index (κ1) is 72.1. The molecule has 0 aromatic heterocycles. The standard InChI is InChI=1S/C64H107O11P/c1-4-7-10-13-16-19-22-25-28-29-30-31-34-37-40-43-46-49-52-55-64(68)75-61(57-71-62(66)53-50-47-44-41-38-35-32-26-23-20-17-14-11-8-5-2)59-73-76(69,70)72-58-60(56-65)74-63(67)54-51-48-45-42-39-36-33-27-24-21-18-15-12-9-6-3/h7-8,10-11,16-17,19-20,25-26,28,30-32,38,41,47,50,60-61,65H,4-6,9,12-15,18,21-24,27,29,33-37,39-40,42-46,48-49,51-59H2,1-3H3,(H,69,70)/b10-7-,11-8-,19-16-,20-17-,28-25-,31-30-,32-26-,41-38-,50-47-.